The van der Waals surface area contributed by atoms with Gasteiger partial charge in [0.2, 0.25) is 36.1 Å². The van der Waals surface area contributed by atoms with E-state index in [4.69, 9.17) is 9.47 Å². The van der Waals surface area contributed by atoms with Gasteiger partial charge in [-0.3, -0.25) is 19.6 Å². The minimum Gasteiger partial charge on any atom is -0.446 e. The molecular weight excluding hydrogens is 436 g/mol. The van der Waals surface area contributed by atoms with Crippen molar-refractivity contribution in [2.24, 2.45) is 10.2 Å². The standard InChI is InChI=1S/C24H20N6O4/c1-15(31)29-23(33-21(27-29)19-8-4-10-25-13-19)17-6-3-7-18(12-17)24-30(16(2)32)28-22(34-24)20-9-5-11-26-14-20/h3-14,23-24H,1-2H3. The Morgan fingerprint density at radius 1 is 0.735 bits per heavy atom. The van der Waals surface area contributed by atoms with Crippen molar-refractivity contribution in [1.29, 1.82) is 0 Å². The fraction of sp³-hybridized carbons (Fsp3) is 0.167. The number of carbonyl (C=O) groups excluding carboxylic acids is 2. The number of amides is 2. The molecule has 0 saturated heterocycles. The van der Waals surface area contributed by atoms with E-state index < -0.39 is 12.5 Å². The summed E-state index contributed by atoms with van der Waals surface area (Å²) < 4.78 is 12.1. The van der Waals surface area contributed by atoms with Gasteiger partial charge in [-0.25, -0.2) is 0 Å². The highest BCUT2D eigenvalue weighted by Gasteiger charge is 2.36. The number of pyridine rings is 2. The number of rotatable bonds is 4. The Balaban J connectivity index is 1.44. The number of aromatic nitrogens is 2. The van der Waals surface area contributed by atoms with E-state index in [1.807, 2.05) is 18.2 Å². The number of benzene rings is 1. The van der Waals surface area contributed by atoms with Crippen molar-refractivity contribution >= 4 is 23.6 Å². The summed E-state index contributed by atoms with van der Waals surface area (Å²) in [5, 5.41) is 11.3. The Morgan fingerprint density at radius 3 is 1.59 bits per heavy atom. The predicted octanol–water partition coefficient (Wildman–Crippen LogP) is 2.95. The molecule has 2 unspecified atom stereocenters. The number of hydrogen-bond donors (Lipinski definition) is 0. The molecule has 0 saturated carbocycles. The van der Waals surface area contributed by atoms with Gasteiger partial charge >= 0.3 is 0 Å². The van der Waals surface area contributed by atoms with E-state index in [1.165, 1.54) is 23.9 Å². The van der Waals surface area contributed by atoms with Crippen LogP contribution in [0.2, 0.25) is 0 Å². The minimum atomic E-state index is -0.779. The van der Waals surface area contributed by atoms with Gasteiger partial charge in [0.15, 0.2) is 0 Å². The van der Waals surface area contributed by atoms with Gasteiger partial charge in [-0.1, -0.05) is 18.2 Å². The first kappa shape index (κ1) is 21.3. The number of ether oxygens (including phenoxy) is 2. The first-order valence-corrected chi connectivity index (χ1v) is 10.5. The molecule has 170 valence electrons. The highest BCUT2D eigenvalue weighted by atomic mass is 16.5. The van der Waals surface area contributed by atoms with Crippen molar-refractivity contribution in [2.75, 3.05) is 0 Å². The molecule has 5 rings (SSSR count). The van der Waals surface area contributed by atoms with Crippen molar-refractivity contribution in [1.82, 2.24) is 20.0 Å². The summed E-state index contributed by atoms with van der Waals surface area (Å²) in [5.41, 5.74) is 2.64. The second-order valence-corrected chi connectivity index (χ2v) is 7.63. The Bertz CT molecular complexity index is 1200. The highest BCUT2D eigenvalue weighted by molar-refractivity contribution is 5.96. The number of hydrazone groups is 2. The Morgan fingerprint density at radius 2 is 1.21 bits per heavy atom. The second-order valence-electron chi connectivity index (χ2n) is 7.63. The average Bonchev–Trinajstić information content (AvgIpc) is 3.51. The molecule has 0 bridgehead atoms. The molecule has 2 atom stereocenters. The van der Waals surface area contributed by atoms with E-state index in [0.717, 1.165) is 0 Å². The van der Waals surface area contributed by atoms with Crippen LogP contribution < -0.4 is 0 Å². The lowest BCUT2D eigenvalue weighted by Crippen LogP contribution is -2.27. The van der Waals surface area contributed by atoms with E-state index in [0.29, 0.717) is 34.0 Å². The zero-order valence-corrected chi connectivity index (χ0v) is 18.4. The second kappa shape index (κ2) is 8.74. The maximum atomic E-state index is 12.3. The van der Waals surface area contributed by atoms with Crippen LogP contribution in [0.1, 0.15) is 48.6 Å². The van der Waals surface area contributed by atoms with Gasteiger partial charge in [-0.2, -0.15) is 10.0 Å². The monoisotopic (exact) mass is 456 g/mol. The lowest BCUT2D eigenvalue weighted by molar-refractivity contribution is -0.135. The average molecular weight is 456 g/mol. The van der Waals surface area contributed by atoms with Crippen molar-refractivity contribution in [3.8, 4) is 0 Å². The summed E-state index contributed by atoms with van der Waals surface area (Å²) in [5.74, 6) is 0.0321. The van der Waals surface area contributed by atoms with Gasteiger partial charge in [0.25, 0.3) is 0 Å². The van der Waals surface area contributed by atoms with E-state index in [1.54, 1.807) is 55.1 Å². The molecule has 10 heteroatoms. The van der Waals surface area contributed by atoms with Crippen LogP contribution in [0.4, 0.5) is 0 Å². The van der Waals surface area contributed by atoms with Gasteiger partial charge in [-0.15, -0.1) is 10.2 Å². The first-order valence-electron chi connectivity index (χ1n) is 10.5. The van der Waals surface area contributed by atoms with Crippen LogP contribution in [-0.4, -0.2) is 43.6 Å². The molecule has 0 spiro atoms. The van der Waals surface area contributed by atoms with Crippen LogP contribution in [0.5, 0.6) is 0 Å². The summed E-state index contributed by atoms with van der Waals surface area (Å²) in [6, 6.07) is 14.4. The van der Waals surface area contributed by atoms with Gasteiger partial charge in [-0.05, 0) is 30.3 Å². The lowest BCUT2D eigenvalue weighted by atomic mass is 10.1. The fourth-order valence-corrected chi connectivity index (χ4v) is 3.64. The third-order valence-corrected chi connectivity index (χ3v) is 5.23. The first-order chi connectivity index (χ1) is 16.5. The molecule has 1 aromatic carbocycles. The molecule has 2 aliphatic rings. The zero-order chi connectivity index (χ0) is 23.7. The van der Waals surface area contributed by atoms with Gasteiger partial charge in [0.1, 0.15) is 0 Å². The summed E-state index contributed by atoms with van der Waals surface area (Å²) in [7, 11) is 0. The molecule has 34 heavy (non-hydrogen) atoms. The summed E-state index contributed by atoms with van der Waals surface area (Å²) in [4.78, 5) is 32.8. The normalized spacial score (nSPS) is 19.2. The zero-order valence-electron chi connectivity index (χ0n) is 18.4. The summed E-state index contributed by atoms with van der Waals surface area (Å²) >= 11 is 0. The summed E-state index contributed by atoms with van der Waals surface area (Å²) in [6.45, 7) is 2.84. The molecule has 10 nitrogen and oxygen atoms in total. The SMILES string of the molecule is CC(=O)N1N=C(c2cccnc2)OC1c1cccc(C2OC(c3cccnc3)=NN2C(C)=O)c1. The topological polar surface area (TPSA) is 110 Å². The van der Waals surface area contributed by atoms with Crippen LogP contribution in [0.15, 0.2) is 83.5 Å². The molecule has 0 aliphatic carbocycles. The van der Waals surface area contributed by atoms with Crippen LogP contribution in [0, 0.1) is 0 Å². The van der Waals surface area contributed by atoms with Crippen molar-refractivity contribution in [3.05, 3.63) is 95.6 Å². The number of hydrogen-bond acceptors (Lipinski definition) is 8. The quantitative estimate of drug-likeness (QED) is 0.597. The third kappa shape index (κ3) is 3.96. The van der Waals surface area contributed by atoms with Crippen molar-refractivity contribution in [2.45, 2.75) is 26.3 Å². The van der Waals surface area contributed by atoms with E-state index >= 15 is 0 Å². The highest BCUT2D eigenvalue weighted by Crippen LogP contribution is 2.35. The maximum Gasteiger partial charge on any atom is 0.243 e. The molecule has 0 fully saturated rings. The molecular formula is C24H20N6O4. The third-order valence-electron chi connectivity index (χ3n) is 5.23. The van der Waals surface area contributed by atoms with E-state index in [9.17, 15) is 9.59 Å². The molecule has 0 radical (unpaired) electrons. The van der Waals surface area contributed by atoms with Crippen LogP contribution in [0.3, 0.4) is 0 Å². The van der Waals surface area contributed by atoms with Gasteiger partial charge in [0.05, 0.1) is 11.1 Å². The number of carbonyl (C=O) groups is 2. The fourth-order valence-electron chi connectivity index (χ4n) is 3.64. The molecule has 3 aromatic rings. The van der Waals surface area contributed by atoms with Crippen molar-refractivity contribution < 1.29 is 19.1 Å². The molecule has 0 N–H and O–H groups in total. The largest absolute Gasteiger partial charge is 0.446 e. The van der Waals surface area contributed by atoms with E-state index in [2.05, 4.69) is 20.2 Å². The predicted molar refractivity (Wildman–Crippen MR) is 121 cm³/mol. The van der Waals surface area contributed by atoms with E-state index in [-0.39, 0.29) is 11.8 Å². The number of nitrogens with zero attached hydrogens (tertiary/aromatic N) is 6. The summed E-state index contributed by atoms with van der Waals surface area (Å²) in [6.07, 6.45) is 4.96. The Kier molecular flexibility index (Phi) is 5.46. The van der Waals surface area contributed by atoms with Crippen LogP contribution in [-0.2, 0) is 19.1 Å². The smallest absolute Gasteiger partial charge is 0.243 e. The minimum absolute atomic E-state index is 0.279. The van der Waals surface area contributed by atoms with Crippen LogP contribution in [0.25, 0.3) is 0 Å². The van der Waals surface area contributed by atoms with Gasteiger partial charge in [0, 0.05) is 49.8 Å². The molecule has 2 amide bonds. The molecule has 2 aromatic heterocycles. The van der Waals surface area contributed by atoms with Crippen LogP contribution >= 0.6 is 0 Å². The van der Waals surface area contributed by atoms with Crippen molar-refractivity contribution in [3.63, 3.8) is 0 Å². The van der Waals surface area contributed by atoms with Gasteiger partial charge < -0.3 is 9.47 Å². The lowest BCUT2D eigenvalue weighted by Gasteiger charge is -2.23. The Labute approximate surface area is 195 Å². The Hall–Kier alpha value is -4.60. The molecule has 4 heterocycles. The molecule has 2 aliphatic heterocycles. The maximum absolute atomic E-state index is 12.3.